The van der Waals surface area contributed by atoms with Crippen molar-refractivity contribution in [3.8, 4) is 22.4 Å². The largest absolute Gasteiger partial charge is 0.152 e. The number of hydrogen-bond donors (Lipinski definition) is 0. The van der Waals surface area contributed by atoms with E-state index >= 15 is 0 Å². The maximum atomic E-state index is 6.03. The third kappa shape index (κ3) is 3.27. The molecule has 0 fully saturated rings. The predicted octanol–water partition coefficient (Wildman–Crippen LogP) is 5.84. The fourth-order valence-electron chi connectivity index (χ4n) is 2.18. The molecule has 0 atom stereocenters. The summed E-state index contributed by atoms with van der Waals surface area (Å²) >= 11 is 13.7. The van der Waals surface area contributed by atoms with E-state index in [1.54, 1.807) is 11.8 Å². The summed E-state index contributed by atoms with van der Waals surface area (Å²) in [6.07, 6.45) is 2.05. The van der Waals surface area contributed by atoms with Gasteiger partial charge >= 0.3 is 0 Å². The maximum Gasteiger partial charge on any atom is 0.152 e. The van der Waals surface area contributed by atoms with Gasteiger partial charge in [0.05, 0.1) is 0 Å². The molecule has 0 aliphatic carbocycles. The second-order valence-corrected chi connectivity index (χ2v) is 6.37. The number of hydrogen-bond acceptors (Lipinski definition) is 3. The summed E-state index contributed by atoms with van der Waals surface area (Å²) in [6.45, 7) is 0. The van der Waals surface area contributed by atoms with Crippen LogP contribution < -0.4 is 0 Å². The van der Waals surface area contributed by atoms with E-state index < -0.39 is 0 Å². The molecule has 1 aromatic heterocycles. The number of rotatable bonds is 3. The van der Waals surface area contributed by atoms with E-state index in [9.17, 15) is 0 Å². The first-order valence-corrected chi connectivity index (χ1v) is 8.59. The molecule has 2 aromatic carbocycles. The van der Waals surface area contributed by atoms with E-state index in [0.29, 0.717) is 10.2 Å². The van der Waals surface area contributed by atoms with Crippen molar-refractivity contribution >= 4 is 35.0 Å². The first-order valence-electron chi connectivity index (χ1n) is 6.61. The van der Waals surface area contributed by atoms with Gasteiger partial charge in [0.25, 0.3) is 0 Å². The second kappa shape index (κ2) is 6.69. The zero-order valence-electron chi connectivity index (χ0n) is 11.8. The van der Waals surface area contributed by atoms with Crippen LogP contribution in [0.3, 0.4) is 0 Å². The first kappa shape index (κ1) is 15.3. The van der Waals surface area contributed by atoms with Gasteiger partial charge in [0.1, 0.15) is 5.69 Å². The summed E-state index contributed by atoms with van der Waals surface area (Å²) in [5.74, 6) is 0. The average Bonchev–Trinajstić information content (AvgIpc) is 2.56. The van der Waals surface area contributed by atoms with Crippen molar-refractivity contribution in [2.45, 2.75) is 4.90 Å². The highest BCUT2D eigenvalue weighted by Crippen LogP contribution is 2.32. The van der Waals surface area contributed by atoms with Crippen molar-refractivity contribution in [3.63, 3.8) is 0 Å². The molecule has 1 heterocycles. The Morgan fingerprint density at radius 1 is 0.818 bits per heavy atom. The number of benzene rings is 2. The van der Waals surface area contributed by atoms with Crippen LogP contribution in [0.15, 0.2) is 59.5 Å². The minimum absolute atomic E-state index is 0.370. The van der Waals surface area contributed by atoms with Crippen LogP contribution in [-0.4, -0.2) is 16.5 Å². The molecule has 0 aliphatic rings. The molecular weight excluding hydrogens is 335 g/mol. The highest BCUT2D eigenvalue weighted by Gasteiger charge is 2.11. The van der Waals surface area contributed by atoms with Gasteiger partial charge in [-0.2, -0.15) is 0 Å². The van der Waals surface area contributed by atoms with Gasteiger partial charge in [0, 0.05) is 21.0 Å². The van der Waals surface area contributed by atoms with Gasteiger partial charge in [0.2, 0.25) is 0 Å². The standard InChI is InChI=1S/C17H12Cl2N2S/c1-22-14-8-4-12(5-9-14)17-15(10-16(19)20-21-17)11-2-6-13(18)7-3-11/h2-10H,1H3. The van der Waals surface area contributed by atoms with Crippen molar-refractivity contribution in [3.05, 3.63) is 64.8 Å². The maximum absolute atomic E-state index is 6.03. The fraction of sp³-hybridized carbons (Fsp3) is 0.0588. The van der Waals surface area contributed by atoms with Gasteiger partial charge in [-0.15, -0.1) is 22.0 Å². The van der Waals surface area contributed by atoms with E-state index in [-0.39, 0.29) is 0 Å². The van der Waals surface area contributed by atoms with E-state index in [0.717, 1.165) is 22.4 Å². The minimum Gasteiger partial charge on any atom is -0.148 e. The number of thioether (sulfide) groups is 1. The molecule has 0 bridgehead atoms. The summed E-state index contributed by atoms with van der Waals surface area (Å²) < 4.78 is 0. The molecule has 0 saturated carbocycles. The third-order valence-corrected chi connectivity index (χ3v) is 4.46. The lowest BCUT2D eigenvalue weighted by atomic mass is 10.0. The fourth-order valence-corrected chi connectivity index (χ4v) is 2.86. The second-order valence-electron chi connectivity index (χ2n) is 4.66. The molecule has 0 spiro atoms. The molecule has 0 N–H and O–H groups in total. The van der Waals surface area contributed by atoms with E-state index in [1.165, 1.54) is 4.90 Å². The van der Waals surface area contributed by atoms with E-state index in [4.69, 9.17) is 23.2 Å². The molecule has 0 aliphatic heterocycles. The van der Waals surface area contributed by atoms with E-state index in [2.05, 4.69) is 28.6 Å². The molecule has 3 aromatic rings. The monoisotopic (exact) mass is 346 g/mol. The van der Waals surface area contributed by atoms with Gasteiger partial charge < -0.3 is 0 Å². The van der Waals surface area contributed by atoms with Gasteiger partial charge in [-0.3, -0.25) is 0 Å². The van der Waals surface area contributed by atoms with Crippen LogP contribution in [-0.2, 0) is 0 Å². The molecule has 22 heavy (non-hydrogen) atoms. The quantitative estimate of drug-likeness (QED) is 0.557. The Hall–Kier alpha value is -1.55. The van der Waals surface area contributed by atoms with Crippen molar-refractivity contribution < 1.29 is 0 Å². The number of nitrogens with zero attached hydrogens (tertiary/aromatic N) is 2. The van der Waals surface area contributed by atoms with Crippen LogP contribution in [0, 0.1) is 0 Å². The molecule has 3 rings (SSSR count). The van der Waals surface area contributed by atoms with Crippen LogP contribution >= 0.6 is 35.0 Å². The molecule has 0 radical (unpaired) electrons. The highest BCUT2D eigenvalue weighted by atomic mass is 35.5. The van der Waals surface area contributed by atoms with Crippen molar-refractivity contribution in [2.75, 3.05) is 6.26 Å². The molecule has 0 saturated heterocycles. The SMILES string of the molecule is CSc1ccc(-c2nnc(Cl)cc2-c2ccc(Cl)cc2)cc1. The predicted molar refractivity (Wildman–Crippen MR) is 94.7 cm³/mol. The van der Waals surface area contributed by atoms with Gasteiger partial charge in [-0.25, -0.2) is 0 Å². The summed E-state index contributed by atoms with van der Waals surface area (Å²) in [5.41, 5.74) is 3.75. The summed E-state index contributed by atoms with van der Waals surface area (Å²) in [7, 11) is 0. The summed E-state index contributed by atoms with van der Waals surface area (Å²) in [6, 6.07) is 17.7. The van der Waals surface area contributed by atoms with Gasteiger partial charge in [0.15, 0.2) is 5.15 Å². The lowest BCUT2D eigenvalue weighted by molar-refractivity contribution is 1.04. The minimum atomic E-state index is 0.370. The molecule has 0 amide bonds. The Morgan fingerprint density at radius 3 is 2.09 bits per heavy atom. The van der Waals surface area contributed by atoms with Crippen LogP contribution in [0.5, 0.6) is 0 Å². The zero-order chi connectivity index (χ0) is 15.5. The third-order valence-electron chi connectivity index (χ3n) is 3.28. The Morgan fingerprint density at radius 2 is 1.45 bits per heavy atom. The van der Waals surface area contributed by atoms with E-state index in [1.807, 2.05) is 42.5 Å². The van der Waals surface area contributed by atoms with Crippen LogP contribution in [0.1, 0.15) is 0 Å². The molecule has 0 unspecified atom stereocenters. The number of aromatic nitrogens is 2. The van der Waals surface area contributed by atoms with Gasteiger partial charge in [-0.1, -0.05) is 47.5 Å². The molecule has 2 nitrogen and oxygen atoms in total. The Balaban J connectivity index is 2.12. The zero-order valence-corrected chi connectivity index (χ0v) is 14.1. The molecule has 5 heteroatoms. The van der Waals surface area contributed by atoms with Crippen molar-refractivity contribution in [2.24, 2.45) is 0 Å². The lowest BCUT2D eigenvalue weighted by Crippen LogP contribution is -1.93. The topological polar surface area (TPSA) is 25.8 Å². The Bertz CT molecular complexity index is 787. The number of halogens is 2. The molecular formula is C17H12Cl2N2S. The normalized spacial score (nSPS) is 10.7. The Kier molecular flexibility index (Phi) is 4.67. The van der Waals surface area contributed by atoms with Crippen LogP contribution in [0.4, 0.5) is 0 Å². The summed E-state index contributed by atoms with van der Waals surface area (Å²) in [4.78, 5) is 1.21. The van der Waals surface area contributed by atoms with Crippen LogP contribution in [0.2, 0.25) is 10.2 Å². The van der Waals surface area contributed by atoms with Crippen molar-refractivity contribution in [1.82, 2.24) is 10.2 Å². The van der Waals surface area contributed by atoms with Crippen molar-refractivity contribution in [1.29, 1.82) is 0 Å². The smallest absolute Gasteiger partial charge is 0.148 e. The van der Waals surface area contributed by atoms with Crippen LogP contribution in [0.25, 0.3) is 22.4 Å². The average molecular weight is 347 g/mol. The summed E-state index contributed by atoms with van der Waals surface area (Å²) in [5, 5.41) is 9.33. The highest BCUT2D eigenvalue weighted by molar-refractivity contribution is 7.98. The van der Waals surface area contributed by atoms with Gasteiger partial charge in [-0.05, 0) is 42.2 Å². The first-order chi connectivity index (χ1) is 10.7. The molecule has 110 valence electrons. The lowest BCUT2D eigenvalue weighted by Gasteiger charge is -2.09. The Labute approximate surface area is 143 Å².